The predicted molar refractivity (Wildman–Crippen MR) is 79.8 cm³/mol. The van der Waals surface area contributed by atoms with Crippen molar-refractivity contribution in [2.24, 2.45) is 0 Å². The van der Waals surface area contributed by atoms with Crippen LogP contribution in [0.25, 0.3) is 0 Å². The lowest BCUT2D eigenvalue weighted by atomic mass is 10.00. The van der Waals surface area contributed by atoms with Crippen LogP contribution in [0, 0.1) is 6.92 Å². The highest BCUT2D eigenvalue weighted by atomic mass is 16.5. The lowest BCUT2D eigenvalue weighted by molar-refractivity contribution is 0.313. The molecule has 0 fully saturated rings. The highest BCUT2D eigenvalue weighted by molar-refractivity contribution is 5.43. The van der Waals surface area contributed by atoms with E-state index in [9.17, 15) is 0 Å². The van der Waals surface area contributed by atoms with Crippen molar-refractivity contribution in [3.8, 4) is 5.75 Å². The van der Waals surface area contributed by atoms with E-state index in [1.165, 1.54) is 24.0 Å². The normalized spacial score (nSPS) is 18.8. The van der Waals surface area contributed by atoms with Crippen LogP contribution in [0.5, 0.6) is 5.75 Å². The lowest BCUT2D eigenvalue weighted by Gasteiger charge is -2.20. The molecule has 0 amide bonds. The second kappa shape index (κ2) is 6.92. The molecular formula is C16H26N2O. The van der Waals surface area contributed by atoms with Crippen molar-refractivity contribution < 1.29 is 4.74 Å². The summed E-state index contributed by atoms with van der Waals surface area (Å²) >= 11 is 0. The van der Waals surface area contributed by atoms with E-state index < -0.39 is 0 Å². The molecule has 1 N–H and O–H groups in total. The van der Waals surface area contributed by atoms with Gasteiger partial charge in [0.05, 0.1) is 6.61 Å². The second-order valence-corrected chi connectivity index (χ2v) is 5.65. The molecular weight excluding hydrogens is 236 g/mol. The number of nitrogens with one attached hydrogen (secondary N) is 1. The molecule has 2 rings (SSSR count). The number of fused-ring (bicyclic) bond motifs is 1. The van der Waals surface area contributed by atoms with E-state index in [-0.39, 0.29) is 0 Å². The van der Waals surface area contributed by atoms with Crippen molar-refractivity contribution in [1.82, 2.24) is 10.2 Å². The molecule has 3 heteroatoms. The third-order valence-electron chi connectivity index (χ3n) is 3.67. The van der Waals surface area contributed by atoms with Crippen LogP contribution in [0.3, 0.4) is 0 Å². The summed E-state index contributed by atoms with van der Waals surface area (Å²) in [7, 11) is 4.25. The van der Waals surface area contributed by atoms with Crippen LogP contribution in [0.15, 0.2) is 18.2 Å². The third kappa shape index (κ3) is 3.95. The first-order valence-corrected chi connectivity index (χ1v) is 7.29. The van der Waals surface area contributed by atoms with Gasteiger partial charge in [0.25, 0.3) is 0 Å². The molecule has 0 saturated heterocycles. The first-order chi connectivity index (χ1) is 9.18. The molecule has 1 atom stereocenters. The molecule has 1 aromatic rings. The zero-order valence-corrected chi connectivity index (χ0v) is 12.4. The highest BCUT2D eigenvalue weighted by Gasteiger charge is 2.20. The summed E-state index contributed by atoms with van der Waals surface area (Å²) in [5.74, 6) is 1.10. The lowest BCUT2D eigenvalue weighted by Crippen LogP contribution is -2.25. The van der Waals surface area contributed by atoms with Gasteiger partial charge in [-0.1, -0.05) is 18.2 Å². The second-order valence-electron chi connectivity index (χ2n) is 5.65. The van der Waals surface area contributed by atoms with Gasteiger partial charge in [0, 0.05) is 11.6 Å². The standard InChI is InChI=1S/C16H26N2O/c1-13-7-4-8-14-15(9-5-12-19-16(13)14)17-10-6-11-18(2)3/h4,7-8,15,17H,5-6,9-12H2,1-3H3. The Morgan fingerprint density at radius 3 is 3.00 bits per heavy atom. The Morgan fingerprint density at radius 2 is 2.21 bits per heavy atom. The van der Waals surface area contributed by atoms with Gasteiger partial charge < -0.3 is 15.0 Å². The molecule has 3 nitrogen and oxygen atoms in total. The summed E-state index contributed by atoms with van der Waals surface area (Å²) in [6.45, 7) is 5.17. The molecule has 0 bridgehead atoms. The largest absolute Gasteiger partial charge is 0.493 e. The van der Waals surface area contributed by atoms with E-state index in [2.05, 4.69) is 49.4 Å². The van der Waals surface area contributed by atoms with Gasteiger partial charge in [0.15, 0.2) is 0 Å². The van der Waals surface area contributed by atoms with E-state index in [0.29, 0.717) is 6.04 Å². The van der Waals surface area contributed by atoms with Crippen molar-refractivity contribution in [2.45, 2.75) is 32.2 Å². The van der Waals surface area contributed by atoms with Crippen LogP contribution in [0.1, 0.15) is 36.4 Å². The smallest absolute Gasteiger partial charge is 0.126 e. The topological polar surface area (TPSA) is 24.5 Å². The van der Waals surface area contributed by atoms with Crippen LogP contribution < -0.4 is 10.1 Å². The number of ether oxygens (including phenoxy) is 1. The quantitative estimate of drug-likeness (QED) is 0.826. The zero-order chi connectivity index (χ0) is 13.7. The molecule has 19 heavy (non-hydrogen) atoms. The van der Waals surface area contributed by atoms with Gasteiger partial charge in [-0.15, -0.1) is 0 Å². The summed E-state index contributed by atoms with van der Waals surface area (Å²) in [6, 6.07) is 6.92. The Labute approximate surface area is 116 Å². The molecule has 0 radical (unpaired) electrons. The molecule has 1 heterocycles. The maximum absolute atomic E-state index is 5.91. The van der Waals surface area contributed by atoms with Crippen molar-refractivity contribution in [1.29, 1.82) is 0 Å². The fourth-order valence-electron chi connectivity index (χ4n) is 2.65. The fraction of sp³-hybridized carbons (Fsp3) is 0.625. The number of benzene rings is 1. The summed E-state index contributed by atoms with van der Waals surface area (Å²) in [5.41, 5.74) is 2.59. The number of aryl methyl sites for hydroxylation is 1. The third-order valence-corrected chi connectivity index (χ3v) is 3.67. The Hall–Kier alpha value is -1.06. The molecule has 1 aliphatic rings. The number of nitrogens with zero attached hydrogens (tertiary/aromatic N) is 1. The van der Waals surface area contributed by atoms with Crippen molar-refractivity contribution in [3.05, 3.63) is 29.3 Å². The first-order valence-electron chi connectivity index (χ1n) is 7.29. The predicted octanol–water partition coefficient (Wildman–Crippen LogP) is 2.75. The minimum Gasteiger partial charge on any atom is -0.493 e. The molecule has 0 spiro atoms. The van der Waals surface area contributed by atoms with Crippen LogP contribution >= 0.6 is 0 Å². The Bertz CT molecular complexity index is 404. The van der Waals surface area contributed by atoms with Gasteiger partial charge >= 0.3 is 0 Å². The van der Waals surface area contributed by atoms with E-state index in [4.69, 9.17) is 4.74 Å². The van der Waals surface area contributed by atoms with Crippen LogP contribution in [-0.2, 0) is 0 Å². The Kier molecular flexibility index (Phi) is 5.23. The van der Waals surface area contributed by atoms with E-state index in [0.717, 1.165) is 31.9 Å². The van der Waals surface area contributed by atoms with Crippen molar-refractivity contribution in [3.63, 3.8) is 0 Å². The number of rotatable bonds is 5. The van der Waals surface area contributed by atoms with Gasteiger partial charge in [0.2, 0.25) is 0 Å². The van der Waals surface area contributed by atoms with Gasteiger partial charge in [-0.3, -0.25) is 0 Å². The molecule has 1 aliphatic heterocycles. The van der Waals surface area contributed by atoms with E-state index in [1.54, 1.807) is 0 Å². The van der Waals surface area contributed by atoms with Crippen molar-refractivity contribution >= 4 is 0 Å². The summed E-state index contributed by atoms with van der Waals surface area (Å²) in [5, 5.41) is 3.69. The number of para-hydroxylation sites is 1. The minimum atomic E-state index is 0.444. The molecule has 1 unspecified atom stereocenters. The molecule has 0 saturated carbocycles. The van der Waals surface area contributed by atoms with Crippen molar-refractivity contribution in [2.75, 3.05) is 33.8 Å². The maximum atomic E-state index is 5.91. The SMILES string of the molecule is Cc1cccc2c1OCCCC2NCCCN(C)C. The summed E-state index contributed by atoms with van der Waals surface area (Å²) < 4.78 is 5.91. The molecule has 1 aromatic carbocycles. The maximum Gasteiger partial charge on any atom is 0.126 e. The zero-order valence-electron chi connectivity index (χ0n) is 12.4. The van der Waals surface area contributed by atoms with Crippen LogP contribution in [0.2, 0.25) is 0 Å². The minimum absolute atomic E-state index is 0.444. The van der Waals surface area contributed by atoms with Gasteiger partial charge in [0.1, 0.15) is 5.75 Å². The average Bonchev–Trinajstić information content (AvgIpc) is 2.58. The van der Waals surface area contributed by atoms with E-state index in [1.807, 2.05) is 0 Å². The van der Waals surface area contributed by atoms with Crippen LogP contribution in [0.4, 0.5) is 0 Å². The average molecular weight is 262 g/mol. The van der Waals surface area contributed by atoms with Crippen LogP contribution in [-0.4, -0.2) is 38.7 Å². The van der Waals surface area contributed by atoms with E-state index >= 15 is 0 Å². The van der Waals surface area contributed by atoms with Gasteiger partial charge in [-0.25, -0.2) is 0 Å². The Morgan fingerprint density at radius 1 is 1.37 bits per heavy atom. The van der Waals surface area contributed by atoms with Gasteiger partial charge in [-0.2, -0.15) is 0 Å². The molecule has 106 valence electrons. The molecule has 0 aliphatic carbocycles. The number of hydrogen-bond donors (Lipinski definition) is 1. The fourth-order valence-corrected chi connectivity index (χ4v) is 2.65. The first kappa shape index (κ1) is 14.4. The number of hydrogen-bond acceptors (Lipinski definition) is 3. The summed E-state index contributed by atoms with van der Waals surface area (Å²) in [6.07, 6.45) is 3.48. The Balaban J connectivity index is 1.99. The summed E-state index contributed by atoms with van der Waals surface area (Å²) in [4.78, 5) is 2.23. The molecule has 0 aromatic heterocycles. The highest BCUT2D eigenvalue weighted by Crippen LogP contribution is 2.33. The monoisotopic (exact) mass is 262 g/mol. The van der Waals surface area contributed by atoms with Gasteiger partial charge in [-0.05, 0) is 58.9 Å².